The topological polar surface area (TPSA) is 56.2 Å². The third-order valence-corrected chi connectivity index (χ3v) is 3.71. The van der Waals surface area contributed by atoms with Crippen LogP contribution in [0.3, 0.4) is 0 Å². The molecule has 5 nitrogen and oxygen atoms in total. The molecule has 0 saturated carbocycles. The van der Waals surface area contributed by atoms with Gasteiger partial charge in [-0.25, -0.2) is 4.79 Å². The molecule has 1 aliphatic heterocycles. The van der Waals surface area contributed by atoms with Crippen LogP contribution in [0.25, 0.3) is 11.0 Å². The van der Waals surface area contributed by atoms with Gasteiger partial charge < -0.3 is 14.5 Å². The number of nitrogens with one attached hydrogen (secondary N) is 1. The molecular weight excluding hydrogens is 244 g/mol. The minimum atomic E-state index is -0.211. The third-order valence-electron chi connectivity index (χ3n) is 3.71. The van der Waals surface area contributed by atoms with E-state index < -0.39 is 0 Å². The molecule has 2 heterocycles. The van der Waals surface area contributed by atoms with Gasteiger partial charge in [-0.1, -0.05) is 6.07 Å². The van der Waals surface area contributed by atoms with Crippen molar-refractivity contribution in [1.29, 1.82) is 0 Å². The predicted molar refractivity (Wildman–Crippen MR) is 72.6 cm³/mol. The maximum absolute atomic E-state index is 11.6. The Morgan fingerprint density at radius 2 is 2.37 bits per heavy atom. The van der Waals surface area contributed by atoms with Crippen molar-refractivity contribution in [2.45, 2.75) is 25.4 Å². The summed E-state index contributed by atoms with van der Waals surface area (Å²) in [5, 5.41) is 0. The van der Waals surface area contributed by atoms with Crippen molar-refractivity contribution < 1.29 is 9.47 Å². The Hall–Kier alpha value is -1.75. The maximum atomic E-state index is 11.6. The summed E-state index contributed by atoms with van der Waals surface area (Å²) in [4.78, 5) is 14.4. The maximum Gasteiger partial charge on any atom is 0.326 e. The number of aromatic amines is 1. The highest BCUT2D eigenvalue weighted by atomic mass is 16.5. The van der Waals surface area contributed by atoms with E-state index >= 15 is 0 Å². The lowest BCUT2D eigenvalue weighted by molar-refractivity contribution is -0.0155. The van der Waals surface area contributed by atoms with E-state index in [9.17, 15) is 4.79 Å². The Bertz CT molecular complexity index is 650. The molecule has 2 aromatic rings. The van der Waals surface area contributed by atoms with Gasteiger partial charge in [0.05, 0.1) is 11.1 Å². The standard InChI is InChI=1S/C14H18N2O3/c1-14(7-4-8-19-14)9-18-11-6-3-5-10-12(11)16(2)13(17)15-10/h3,5-6H,4,7-9H2,1-2H3,(H,15,17). The van der Waals surface area contributed by atoms with Crippen LogP contribution in [0, 0.1) is 0 Å². The average molecular weight is 262 g/mol. The molecule has 0 bridgehead atoms. The van der Waals surface area contributed by atoms with Gasteiger partial charge in [0.2, 0.25) is 0 Å². The first-order valence-electron chi connectivity index (χ1n) is 6.54. The molecule has 0 spiro atoms. The van der Waals surface area contributed by atoms with Crippen LogP contribution in [-0.2, 0) is 11.8 Å². The molecule has 0 aliphatic carbocycles. The molecule has 19 heavy (non-hydrogen) atoms. The van der Waals surface area contributed by atoms with Gasteiger partial charge in [-0.3, -0.25) is 4.57 Å². The number of benzene rings is 1. The van der Waals surface area contributed by atoms with Crippen LogP contribution >= 0.6 is 0 Å². The van der Waals surface area contributed by atoms with Crippen LogP contribution in [0.5, 0.6) is 5.75 Å². The lowest BCUT2D eigenvalue weighted by Gasteiger charge is -2.23. The Balaban J connectivity index is 1.90. The summed E-state index contributed by atoms with van der Waals surface area (Å²) in [6.07, 6.45) is 2.09. The zero-order valence-electron chi connectivity index (χ0n) is 11.2. The molecular formula is C14H18N2O3. The summed E-state index contributed by atoms with van der Waals surface area (Å²) in [5.74, 6) is 0.718. The first-order chi connectivity index (χ1) is 9.09. The summed E-state index contributed by atoms with van der Waals surface area (Å²) in [6.45, 7) is 3.37. The second-order valence-electron chi connectivity index (χ2n) is 5.33. The van der Waals surface area contributed by atoms with Gasteiger partial charge in [0.15, 0.2) is 0 Å². The molecule has 0 amide bonds. The van der Waals surface area contributed by atoms with E-state index in [0.717, 1.165) is 36.2 Å². The van der Waals surface area contributed by atoms with Gasteiger partial charge in [0.1, 0.15) is 17.9 Å². The quantitative estimate of drug-likeness (QED) is 0.918. The molecule has 1 N–H and O–H groups in total. The van der Waals surface area contributed by atoms with Gasteiger partial charge in [-0.2, -0.15) is 0 Å². The molecule has 1 aromatic carbocycles. The van der Waals surface area contributed by atoms with Crippen molar-refractivity contribution in [2.75, 3.05) is 13.2 Å². The molecule has 0 radical (unpaired) electrons. The Morgan fingerprint density at radius 1 is 1.53 bits per heavy atom. The molecule has 3 rings (SSSR count). The third kappa shape index (κ3) is 2.14. The van der Waals surface area contributed by atoms with Crippen molar-refractivity contribution in [2.24, 2.45) is 7.05 Å². The molecule has 1 fully saturated rings. The second-order valence-corrected chi connectivity index (χ2v) is 5.33. The van der Waals surface area contributed by atoms with Crippen LogP contribution in [0.2, 0.25) is 0 Å². The van der Waals surface area contributed by atoms with Gasteiger partial charge in [-0.05, 0) is 31.9 Å². The summed E-state index contributed by atoms with van der Waals surface area (Å²) < 4.78 is 13.2. The number of fused-ring (bicyclic) bond motifs is 1. The lowest BCUT2D eigenvalue weighted by Crippen LogP contribution is -2.31. The van der Waals surface area contributed by atoms with Crippen LogP contribution in [0.1, 0.15) is 19.8 Å². The van der Waals surface area contributed by atoms with Crippen molar-refractivity contribution in [3.05, 3.63) is 28.7 Å². The molecule has 1 atom stereocenters. The number of H-pyrrole nitrogens is 1. The van der Waals surface area contributed by atoms with Crippen molar-refractivity contribution in [3.8, 4) is 5.75 Å². The van der Waals surface area contributed by atoms with Crippen molar-refractivity contribution in [3.63, 3.8) is 0 Å². The first-order valence-corrected chi connectivity index (χ1v) is 6.54. The number of hydrogen-bond donors (Lipinski definition) is 1. The van der Waals surface area contributed by atoms with Gasteiger partial charge in [0, 0.05) is 13.7 Å². The molecule has 5 heteroatoms. The average Bonchev–Trinajstić information content (AvgIpc) is 2.94. The highest BCUT2D eigenvalue weighted by Crippen LogP contribution is 2.28. The van der Waals surface area contributed by atoms with Gasteiger partial charge in [0.25, 0.3) is 0 Å². The Morgan fingerprint density at radius 3 is 3.11 bits per heavy atom. The minimum absolute atomic E-state index is 0.130. The number of rotatable bonds is 3. The predicted octanol–water partition coefficient (Wildman–Crippen LogP) is 1.81. The fourth-order valence-electron chi connectivity index (χ4n) is 2.57. The molecule has 102 valence electrons. The number of nitrogens with zero attached hydrogens (tertiary/aromatic N) is 1. The highest BCUT2D eigenvalue weighted by Gasteiger charge is 2.30. The zero-order valence-corrected chi connectivity index (χ0v) is 11.2. The normalized spacial score (nSPS) is 23.1. The van der Waals surface area contributed by atoms with E-state index in [4.69, 9.17) is 9.47 Å². The Kier molecular flexibility index (Phi) is 2.86. The number of para-hydroxylation sites is 1. The van der Waals surface area contributed by atoms with Crippen molar-refractivity contribution in [1.82, 2.24) is 9.55 Å². The van der Waals surface area contributed by atoms with E-state index in [1.165, 1.54) is 0 Å². The summed E-state index contributed by atoms with van der Waals surface area (Å²) in [7, 11) is 1.74. The minimum Gasteiger partial charge on any atom is -0.488 e. The second kappa shape index (κ2) is 4.42. The van der Waals surface area contributed by atoms with Crippen molar-refractivity contribution >= 4 is 11.0 Å². The van der Waals surface area contributed by atoms with Crippen LogP contribution in [0.4, 0.5) is 0 Å². The molecule has 1 unspecified atom stereocenters. The summed E-state index contributed by atoms with van der Waals surface area (Å²) >= 11 is 0. The van der Waals surface area contributed by atoms with E-state index in [1.54, 1.807) is 11.6 Å². The van der Waals surface area contributed by atoms with Gasteiger partial charge in [-0.15, -0.1) is 0 Å². The van der Waals surface area contributed by atoms with E-state index in [1.807, 2.05) is 18.2 Å². The van der Waals surface area contributed by atoms with Crippen LogP contribution < -0.4 is 10.4 Å². The van der Waals surface area contributed by atoms with E-state index in [-0.39, 0.29) is 11.3 Å². The monoisotopic (exact) mass is 262 g/mol. The number of ether oxygens (including phenoxy) is 2. The van der Waals surface area contributed by atoms with E-state index in [2.05, 4.69) is 11.9 Å². The SMILES string of the molecule is Cn1c(=O)[nH]c2cccc(OCC3(C)CCCO3)c21. The number of imidazole rings is 1. The molecule has 1 saturated heterocycles. The molecule has 1 aliphatic rings. The smallest absolute Gasteiger partial charge is 0.326 e. The number of aromatic nitrogens is 2. The first kappa shape index (κ1) is 12.3. The Labute approximate surface area is 111 Å². The largest absolute Gasteiger partial charge is 0.488 e. The summed E-state index contributed by atoms with van der Waals surface area (Å²) in [5.41, 5.74) is 1.25. The fourth-order valence-corrected chi connectivity index (χ4v) is 2.57. The molecule has 1 aromatic heterocycles. The number of aryl methyl sites for hydroxylation is 1. The zero-order chi connectivity index (χ0) is 13.5. The number of hydrogen-bond acceptors (Lipinski definition) is 3. The van der Waals surface area contributed by atoms with Gasteiger partial charge >= 0.3 is 5.69 Å². The fraction of sp³-hybridized carbons (Fsp3) is 0.500. The van der Waals surface area contributed by atoms with Crippen LogP contribution in [0.15, 0.2) is 23.0 Å². The lowest BCUT2D eigenvalue weighted by atomic mass is 10.0. The van der Waals surface area contributed by atoms with E-state index in [0.29, 0.717) is 6.61 Å². The highest BCUT2D eigenvalue weighted by molar-refractivity contribution is 5.81. The van der Waals surface area contributed by atoms with Crippen LogP contribution in [-0.4, -0.2) is 28.4 Å². The summed E-state index contributed by atoms with van der Waals surface area (Å²) in [6, 6.07) is 5.64.